The average molecular weight is 289 g/mol. The molecule has 0 aliphatic rings. The van der Waals surface area contributed by atoms with Crippen LogP contribution in [0.1, 0.15) is 22.9 Å². The fraction of sp³-hybridized carbons (Fsp3) is 0.154. The lowest BCUT2D eigenvalue weighted by molar-refractivity contribution is -0.137. The van der Waals surface area contributed by atoms with Gasteiger partial charge in [0.05, 0.1) is 11.3 Å². The van der Waals surface area contributed by atoms with E-state index < -0.39 is 35.0 Å². The molecule has 0 spiro atoms. The number of halogens is 5. The molecule has 0 radical (unpaired) electrons. The number of hydrogen-bond acceptors (Lipinski definition) is 2. The zero-order chi connectivity index (χ0) is 14.9. The van der Waals surface area contributed by atoms with Gasteiger partial charge in [0.15, 0.2) is 0 Å². The number of aliphatic hydroxyl groups excluding tert-OH is 1. The van der Waals surface area contributed by atoms with E-state index in [9.17, 15) is 27.1 Å². The standard InChI is InChI=1S/C13H8F5NO/c14-8-2-3-10(15)9(5-8)12(20)11-4-1-7(6-19-11)13(16,17)18/h1-6,12,20H. The fourth-order valence-electron chi connectivity index (χ4n) is 1.62. The molecule has 0 fully saturated rings. The summed E-state index contributed by atoms with van der Waals surface area (Å²) in [5.41, 5.74) is -1.59. The predicted molar refractivity (Wildman–Crippen MR) is 59.7 cm³/mol. The summed E-state index contributed by atoms with van der Waals surface area (Å²) in [6, 6.07) is 4.07. The van der Waals surface area contributed by atoms with Gasteiger partial charge >= 0.3 is 6.18 Å². The van der Waals surface area contributed by atoms with Crippen LogP contribution in [0.15, 0.2) is 36.5 Å². The number of nitrogens with zero attached hydrogens (tertiary/aromatic N) is 1. The van der Waals surface area contributed by atoms with Gasteiger partial charge in [0.25, 0.3) is 0 Å². The number of pyridine rings is 1. The molecule has 0 saturated heterocycles. The van der Waals surface area contributed by atoms with E-state index >= 15 is 0 Å². The van der Waals surface area contributed by atoms with Crippen LogP contribution >= 0.6 is 0 Å². The number of hydrogen-bond donors (Lipinski definition) is 1. The molecule has 0 aliphatic carbocycles. The minimum atomic E-state index is -4.55. The molecule has 2 aromatic rings. The van der Waals surface area contributed by atoms with Crippen molar-refractivity contribution < 1.29 is 27.1 Å². The predicted octanol–water partition coefficient (Wildman–Crippen LogP) is 3.46. The van der Waals surface area contributed by atoms with Crippen molar-refractivity contribution in [3.63, 3.8) is 0 Å². The van der Waals surface area contributed by atoms with Crippen LogP contribution in [0.2, 0.25) is 0 Å². The lowest BCUT2D eigenvalue weighted by atomic mass is 10.0. The van der Waals surface area contributed by atoms with Crippen molar-refractivity contribution in [1.82, 2.24) is 4.98 Å². The third-order valence-electron chi connectivity index (χ3n) is 2.65. The summed E-state index contributed by atoms with van der Waals surface area (Å²) in [6.45, 7) is 0. The zero-order valence-electron chi connectivity index (χ0n) is 9.83. The topological polar surface area (TPSA) is 33.1 Å². The minimum absolute atomic E-state index is 0.206. The van der Waals surface area contributed by atoms with Gasteiger partial charge in [-0.25, -0.2) is 8.78 Å². The molecule has 2 nitrogen and oxygen atoms in total. The summed E-state index contributed by atoms with van der Waals surface area (Å²) in [5, 5.41) is 9.84. The van der Waals surface area contributed by atoms with E-state index in [4.69, 9.17) is 0 Å². The molecule has 1 atom stereocenters. The second-order valence-corrected chi connectivity index (χ2v) is 4.04. The molecule has 1 aromatic carbocycles. The lowest BCUT2D eigenvalue weighted by Crippen LogP contribution is -2.09. The van der Waals surface area contributed by atoms with Crippen LogP contribution in [0.5, 0.6) is 0 Å². The number of aromatic nitrogens is 1. The molecule has 1 N–H and O–H groups in total. The Bertz CT molecular complexity index is 609. The summed E-state index contributed by atoms with van der Waals surface area (Å²) < 4.78 is 63.5. The van der Waals surface area contributed by atoms with Gasteiger partial charge in [-0.3, -0.25) is 4.98 Å². The highest BCUT2D eigenvalue weighted by atomic mass is 19.4. The molecule has 1 unspecified atom stereocenters. The van der Waals surface area contributed by atoms with Crippen LogP contribution in [-0.2, 0) is 6.18 Å². The highest BCUT2D eigenvalue weighted by molar-refractivity contribution is 5.29. The maximum Gasteiger partial charge on any atom is 0.417 e. The van der Waals surface area contributed by atoms with Crippen molar-refractivity contribution in [2.45, 2.75) is 12.3 Å². The quantitative estimate of drug-likeness (QED) is 0.859. The molecular weight excluding hydrogens is 281 g/mol. The van der Waals surface area contributed by atoms with Crippen LogP contribution in [0.25, 0.3) is 0 Å². The first-order valence-electron chi connectivity index (χ1n) is 5.45. The van der Waals surface area contributed by atoms with Gasteiger partial charge in [-0.1, -0.05) is 0 Å². The first kappa shape index (κ1) is 14.4. The van der Waals surface area contributed by atoms with Gasteiger partial charge in [-0.2, -0.15) is 13.2 Å². The molecule has 1 heterocycles. The summed E-state index contributed by atoms with van der Waals surface area (Å²) in [6.07, 6.45) is -5.68. The van der Waals surface area contributed by atoms with Gasteiger partial charge in [-0.15, -0.1) is 0 Å². The average Bonchev–Trinajstić information content (AvgIpc) is 2.40. The van der Waals surface area contributed by atoms with Crippen LogP contribution in [0, 0.1) is 11.6 Å². The first-order valence-corrected chi connectivity index (χ1v) is 5.45. The number of alkyl halides is 3. The van der Waals surface area contributed by atoms with E-state index in [1.807, 2.05) is 0 Å². The molecule has 1 aromatic heterocycles. The monoisotopic (exact) mass is 289 g/mol. The van der Waals surface area contributed by atoms with Crippen LogP contribution in [0.4, 0.5) is 22.0 Å². The highest BCUT2D eigenvalue weighted by Crippen LogP contribution is 2.30. The Morgan fingerprint density at radius 3 is 2.30 bits per heavy atom. The van der Waals surface area contributed by atoms with E-state index in [2.05, 4.69) is 4.98 Å². The minimum Gasteiger partial charge on any atom is -0.382 e. The van der Waals surface area contributed by atoms with Crippen LogP contribution in [0.3, 0.4) is 0 Å². The Morgan fingerprint density at radius 2 is 1.75 bits per heavy atom. The summed E-state index contributed by atoms with van der Waals surface area (Å²) in [7, 11) is 0. The molecular formula is C13H8F5NO. The van der Waals surface area contributed by atoms with E-state index in [1.54, 1.807) is 0 Å². The molecule has 2 rings (SSSR count). The normalized spacial score (nSPS) is 13.3. The Kier molecular flexibility index (Phi) is 3.71. The van der Waals surface area contributed by atoms with Crippen LogP contribution in [-0.4, -0.2) is 10.1 Å². The second-order valence-electron chi connectivity index (χ2n) is 4.04. The van der Waals surface area contributed by atoms with E-state index in [0.29, 0.717) is 12.3 Å². The van der Waals surface area contributed by atoms with Crippen molar-refractivity contribution in [3.8, 4) is 0 Å². The van der Waals surface area contributed by atoms with Gasteiger partial charge in [0.2, 0.25) is 0 Å². The number of benzene rings is 1. The van der Waals surface area contributed by atoms with Crippen molar-refractivity contribution >= 4 is 0 Å². The van der Waals surface area contributed by atoms with E-state index in [1.165, 1.54) is 0 Å². The third-order valence-corrected chi connectivity index (χ3v) is 2.65. The number of aliphatic hydroxyl groups is 1. The highest BCUT2D eigenvalue weighted by Gasteiger charge is 2.31. The maximum absolute atomic E-state index is 13.4. The van der Waals surface area contributed by atoms with Crippen molar-refractivity contribution in [3.05, 3.63) is 65.0 Å². The molecule has 0 saturated carbocycles. The fourth-order valence-corrected chi connectivity index (χ4v) is 1.62. The lowest BCUT2D eigenvalue weighted by Gasteiger charge is -2.13. The van der Waals surface area contributed by atoms with Gasteiger partial charge in [0.1, 0.15) is 17.7 Å². The third kappa shape index (κ3) is 2.93. The zero-order valence-corrected chi connectivity index (χ0v) is 9.83. The van der Waals surface area contributed by atoms with Crippen molar-refractivity contribution in [2.75, 3.05) is 0 Å². The molecule has 7 heteroatoms. The van der Waals surface area contributed by atoms with Gasteiger partial charge < -0.3 is 5.11 Å². The maximum atomic E-state index is 13.4. The van der Waals surface area contributed by atoms with Crippen LogP contribution < -0.4 is 0 Å². The molecule has 0 amide bonds. The SMILES string of the molecule is OC(c1ccc(C(F)(F)F)cn1)c1cc(F)ccc1F. The van der Waals surface area contributed by atoms with Gasteiger partial charge in [0, 0.05) is 11.8 Å². The van der Waals surface area contributed by atoms with E-state index in [-0.39, 0.29) is 5.69 Å². The molecule has 20 heavy (non-hydrogen) atoms. The molecule has 0 bridgehead atoms. The van der Waals surface area contributed by atoms with Crippen molar-refractivity contribution in [1.29, 1.82) is 0 Å². The number of rotatable bonds is 2. The Morgan fingerprint density at radius 1 is 1.05 bits per heavy atom. The molecule has 0 aliphatic heterocycles. The largest absolute Gasteiger partial charge is 0.417 e. The van der Waals surface area contributed by atoms with E-state index in [0.717, 1.165) is 24.3 Å². The summed E-state index contributed by atoms with van der Waals surface area (Å²) in [4.78, 5) is 3.43. The second kappa shape index (κ2) is 5.16. The van der Waals surface area contributed by atoms with Gasteiger partial charge in [-0.05, 0) is 30.3 Å². The summed E-state index contributed by atoms with van der Waals surface area (Å²) >= 11 is 0. The Hall–Kier alpha value is -2.02. The Labute approximate surface area is 110 Å². The molecule has 106 valence electrons. The smallest absolute Gasteiger partial charge is 0.382 e. The van der Waals surface area contributed by atoms with Crippen molar-refractivity contribution in [2.24, 2.45) is 0 Å². The summed E-state index contributed by atoms with van der Waals surface area (Å²) in [5.74, 6) is -1.65. The Balaban J connectivity index is 2.34. The first-order chi connectivity index (χ1) is 9.29.